The molecule has 0 aliphatic heterocycles. The monoisotopic (exact) mass is 330 g/mol. The molecule has 2 aromatic carbocycles. The van der Waals surface area contributed by atoms with Gasteiger partial charge in [0.25, 0.3) is 11.6 Å². The Balaban J connectivity index is 2.11. The lowest BCUT2D eigenvalue weighted by Crippen LogP contribution is -2.30. The van der Waals surface area contributed by atoms with Crippen LogP contribution in [0.4, 0.5) is 11.4 Å². The fourth-order valence-electron chi connectivity index (χ4n) is 2.06. The summed E-state index contributed by atoms with van der Waals surface area (Å²) < 4.78 is 10.7. The lowest BCUT2D eigenvalue weighted by molar-refractivity contribution is -0.384. The first-order chi connectivity index (χ1) is 11.4. The molecule has 2 rings (SSSR count). The number of methoxy groups -OCH3 is 1. The van der Waals surface area contributed by atoms with Crippen molar-refractivity contribution in [1.82, 2.24) is 0 Å². The highest BCUT2D eigenvalue weighted by Crippen LogP contribution is 2.29. The highest BCUT2D eigenvalue weighted by atomic mass is 16.6. The molecule has 7 heteroatoms. The number of nitro benzene ring substituents is 1. The number of non-ortho nitro benzene ring substituents is 1. The second-order valence-electron chi connectivity index (χ2n) is 5.16. The Hall–Kier alpha value is -3.09. The minimum Gasteiger partial charge on any atom is -0.494 e. The van der Waals surface area contributed by atoms with Gasteiger partial charge < -0.3 is 14.8 Å². The quantitative estimate of drug-likeness (QED) is 0.648. The van der Waals surface area contributed by atoms with Crippen LogP contribution in [0.2, 0.25) is 0 Å². The Bertz CT molecular complexity index is 760. The molecule has 0 spiro atoms. The first-order valence-electron chi connectivity index (χ1n) is 7.28. The molecule has 2 aromatic rings. The van der Waals surface area contributed by atoms with Crippen LogP contribution in [0.3, 0.4) is 0 Å². The van der Waals surface area contributed by atoms with E-state index < -0.39 is 11.0 Å². The minimum atomic E-state index is -0.744. The summed E-state index contributed by atoms with van der Waals surface area (Å²) in [6, 6.07) is 11.4. The molecule has 0 heterocycles. The van der Waals surface area contributed by atoms with Crippen molar-refractivity contribution in [2.24, 2.45) is 0 Å². The van der Waals surface area contributed by atoms with Crippen molar-refractivity contribution >= 4 is 17.3 Å². The van der Waals surface area contributed by atoms with E-state index >= 15 is 0 Å². The maximum absolute atomic E-state index is 12.3. The summed E-state index contributed by atoms with van der Waals surface area (Å²) in [4.78, 5) is 22.5. The van der Waals surface area contributed by atoms with Gasteiger partial charge in [-0.2, -0.15) is 0 Å². The van der Waals surface area contributed by atoms with Gasteiger partial charge in [-0.1, -0.05) is 18.2 Å². The molecular weight excluding hydrogens is 312 g/mol. The lowest BCUT2D eigenvalue weighted by Gasteiger charge is -2.17. The van der Waals surface area contributed by atoms with Crippen LogP contribution in [0, 0.1) is 17.0 Å². The van der Waals surface area contributed by atoms with Gasteiger partial charge in [0, 0.05) is 6.07 Å². The first-order valence-corrected chi connectivity index (χ1v) is 7.28. The number of anilines is 1. The van der Waals surface area contributed by atoms with E-state index in [1.807, 2.05) is 25.1 Å². The van der Waals surface area contributed by atoms with Gasteiger partial charge in [-0.3, -0.25) is 14.9 Å². The van der Waals surface area contributed by atoms with Crippen LogP contribution in [-0.4, -0.2) is 24.0 Å². The molecule has 1 amide bonds. The molecule has 0 aliphatic carbocycles. The molecule has 0 radical (unpaired) electrons. The fraction of sp³-hybridized carbons (Fsp3) is 0.235. The van der Waals surface area contributed by atoms with Gasteiger partial charge in [-0.05, 0) is 31.5 Å². The number of para-hydroxylation sites is 1. The summed E-state index contributed by atoms with van der Waals surface area (Å²) in [5, 5.41) is 13.4. The number of nitro groups is 1. The number of rotatable bonds is 6. The molecule has 0 bridgehead atoms. The molecule has 0 aliphatic rings. The van der Waals surface area contributed by atoms with Crippen LogP contribution >= 0.6 is 0 Å². The van der Waals surface area contributed by atoms with E-state index in [0.29, 0.717) is 11.4 Å². The summed E-state index contributed by atoms with van der Waals surface area (Å²) in [6.07, 6.45) is -0.744. The minimum absolute atomic E-state index is 0.117. The molecule has 1 atom stereocenters. The summed E-state index contributed by atoms with van der Waals surface area (Å²) in [5.41, 5.74) is 1.15. The van der Waals surface area contributed by atoms with E-state index in [2.05, 4.69) is 5.32 Å². The SMILES string of the molecule is COc1cc([N+](=O)[O-])ccc1NC(=O)C(C)Oc1ccccc1C. The molecule has 7 nitrogen and oxygen atoms in total. The van der Waals surface area contributed by atoms with E-state index in [0.717, 1.165) is 5.56 Å². The second kappa shape index (κ2) is 7.45. The van der Waals surface area contributed by atoms with Crippen LogP contribution < -0.4 is 14.8 Å². The number of nitrogens with one attached hydrogen (secondary N) is 1. The van der Waals surface area contributed by atoms with Crippen molar-refractivity contribution in [3.63, 3.8) is 0 Å². The smallest absolute Gasteiger partial charge is 0.273 e. The Labute approximate surface area is 139 Å². The summed E-state index contributed by atoms with van der Waals surface area (Å²) in [5.74, 6) is 0.446. The van der Waals surface area contributed by atoms with Crippen molar-refractivity contribution in [2.75, 3.05) is 12.4 Å². The number of amides is 1. The van der Waals surface area contributed by atoms with Gasteiger partial charge in [0.05, 0.1) is 23.8 Å². The van der Waals surface area contributed by atoms with Crippen molar-refractivity contribution in [3.8, 4) is 11.5 Å². The van der Waals surface area contributed by atoms with Gasteiger partial charge >= 0.3 is 0 Å². The predicted octanol–water partition coefficient (Wildman–Crippen LogP) is 3.32. The van der Waals surface area contributed by atoms with E-state index in [1.165, 1.54) is 25.3 Å². The van der Waals surface area contributed by atoms with Crippen molar-refractivity contribution < 1.29 is 19.2 Å². The number of carbonyl (C=O) groups is 1. The summed E-state index contributed by atoms with van der Waals surface area (Å²) in [7, 11) is 1.38. The van der Waals surface area contributed by atoms with Crippen molar-refractivity contribution in [3.05, 3.63) is 58.1 Å². The number of carbonyl (C=O) groups excluding carboxylic acids is 1. The van der Waals surface area contributed by atoms with Gasteiger partial charge in [0.2, 0.25) is 0 Å². The van der Waals surface area contributed by atoms with Gasteiger partial charge in [-0.25, -0.2) is 0 Å². The van der Waals surface area contributed by atoms with E-state index in [9.17, 15) is 14.9 Å². The number of aryl methyl sites for hydroxylation is 1. The maximum Gasteiger partial charge on any atom is 0.273 e. The molecule has 126 valence electrons. The highest BCUT2D eigenvalue weighted by Gasteiger charge is 2.19. The van der Waals surface area contributed by atoms with Crippen LogP contribution in [-0.2, 0) is 4.79 Å². The lowest BCUT2D eigenvalue weighted by atomic mass is 10.2. The molecule has 0 saturated carbocycles. The van der Waals surface area contributed by atoms with E-state index in [4.69, 9.17) is 9.47 Å². The summed E-state index contributed by atoms with van der Waals surface area (Å²) in [6.45, 7) is 3.51. The van der Waals surface area contributed by atoms with E-state index in [1.54, 1.807) is 13.0 Å². The Morgan fingerprint density at radius 1 is 1.21 bits per heavy atom. The number of hydrogen-bond acceptors (Lipinski definition) is 5. The largest absolute Gasteiger partial charge is 0.494 e. The third-order valence-corrected chi connectivity index (χ3v) is 3.42. The van der Waals surface area contributed by atoms with Crippen LogP contribution in [0.15, 0.2) is 42.5 Å². The third-order valence-electron chi connectivity index (χ3n) is 3.42. The average molecular weight is 330 g/mol. The zero-order valence-electron chi connectivity index (χ0n) is 13.6. The van der Waals surface area contributed by atoms with Gasteiger partial charge in [-0.15, -0.1) is 0 Å². The van der Waals surface area contributed by atoms with Crippen LogP contribution in [0.5, 0.6) is 11.5 Å². The number of benzene rings is 2. The molecule has 0 saturated heterocycles. The van der Waals surface area contributed by atoms with Gasteiger partial charge in [0.15, 0.2) is 6.10 Å². The zero-order chi connectivity index (χ0) is 17.7. The zero-order valence-corrected chi connectivity index (χ0v) is 13.6. The molecular formula is C17H18N2O5. The number of nitrogens with zero attached hydrogens (tertiary/aromatic N) is 1. The number of ether oxygens (including phenoxy) is 2. The predicted molar refractivity (Wildman–Crippen MR) is 89.5 cm³/mol. The maximum atomic E-state index is 12.3. The molecule has 1 unspecified atom stereocenters. The van der Waals surface area contributed by atoms with Crippen molar-refractivity contribution in [1.29, 1.82) is 0 Å². The topological polar surface area (TPSA) is 90.7 Å². The molecule has 0 aromatic heterocycles. The number of hydrogen-bond donors (Lipinski definition) is 1. The molecule has 1 N–H and O–H groups in total. The highest BCUT2D eigenvalue weighted by molar-refractivity contribution is 5.95. The van der Waals surface area contributed by atoms with Crippen molar-refractivity contribution in [2.45, 2.75) is 20.0 Å². The van der Waals surface area contributed by atoms with E-state index in [-0.39, 0.29) is 17.3 Å². The van der Waals surface area contributed by atoms with Crippen LogP contribution in [0.1, 0.15) is 12.5 Å². The average Bonchev–Trinajstić information content (AvgIpc) is 2.56. The Kier molecular flexibility index (Phi) is 5.36. The second-order valence-corrected chi connectivity index (χ2v) is 5.16. The Morgan fingerprint density at radius 3 is 2.54 bits per heavy atom. The van der Waals surface area contributed by atoms with Crippen LogP contribution in [0.25, 0.3) is 0 Å². The molecule has 0 fully saturated rings. The standard InChI is InChI=1S/C17H18N2O5/c1-11-6-4-5-7-15(11)24-12(2)17(20)18-14-9-8-13(19(21)22)10-16(14)23-3/h4-10,12H,1-3H3,(H,18,20). The van der Waals surface area contributed by atoms with Gasteiger partial charge in [0.1, 0.15) is 11.5 Å². The first kappa shape index (κ1) is 17.3. The summed E-state index contributed by atoms with van der Waals surface area (Å²) >= 11 is 0. The Morgan fingerprint density at radius 2 is 1.92 bits per heavy atom. The third kappa shape index (κ3) is 4.01. The fourth-order valence-corrected chi connectivity index (χ4v) is 2.06. The normalized spacial score (nSPS) is 11.5. The molecule has 24 heavy (non-hydrogen) atoms.